The minimum atomic E-state index is 0.0787. The molecule has 0 aliphatic heterocycles. The fraction of sp³-hybridized carbons (Fsp3) is 0.188. The SMILES string of the molecule is CCOc1ccc(C(=O)CSc2ncnc3sccc23)cc1. The molecule has 112 valence electrons. The number of thiophene rings is 1. The predicted octanol–water partition coefficient (Wildman–Crippen LogP) is 4.07. The number of carbonyl (C=O) groups excluding carboxylic acids is 1. The van der Waals surface area contributed by atoms with Crippen molar-refractivity contribution in [3.05, 3.63) is 47.6 Å². The molecule has 0 amide bonds. The van der Waals surface area contributed by atoms with Crippen LogP contribution in [0.2, 0.25) is 0 Å². The van der Waals surface area contributed by atoms with Crippen LogP contribution >= 0.6 is 23.1 Å². The van der Waals surface area contributed by atoms with Gasteiger partial charge in [0.25, 0.3) is 0 Å². The monoisotopic (exact) mass is 330 g/mol. The lowest BCUT2D eigenvalue weighted by molar-refractivity contribution is 0.102. The number of rotatable bonds is 6. The fourth-order valence-electron chi connectivity index (χ4n) is 2.00. The van der Waals surface area contributed by atoms with Gasteiger partial charge < -0.3 is 4.74 Å². The van der Waals surface area contributed by atoms with E-state index in [0.29, 0.717) is 17.9 Å². The molecule has 0 radical (unpaired) electrons. The Bertz CT molecular complexity index is 784. The number of thioether (sulfide) groups is 1. The van der Waals surface area contributed by atoms with Crippen LogP contribution in [0.5, 0.6) is 5.75 Å². The van der Waals surface area contributed by atoms with E-state index in [-0.39, 0.29) is 5.78 Å². The second-order valence-electron chi connectivity index (χ2n) is 4.49. The molecule has 22 heavy (non-hydrogen) atoms. The van der Waals surface area contributed by atoms with Crippen LogP contribution in [0, 0.1) is 0 Å². The molecule has 0 atom stereocenters. The normalized spacial score (nSPS) is 10.8. The van der Waals surface area contributed by atoms with Gasteiger partial charge in [0.15, 0.2) is 5.78 Å². The molecule has 2 heterocycles. The Morgan fingerprint density at radius 1 is 1.23 bits per heavy atom. The molecule has 1 aromatic carbocycles. The number of hydrogen-bond acceptors (Lipinski definition) is 6. The van der Waals surface area contributed by atoms with Crippen molar-refractivity contribution in [2.24, 2.45) is 0 Å². The van der Waals surface area contributed by atoms with Gasteiger partial charge in [0.1, 0.15) is 21.9 Å². The molecular weight excluding hydrogens is 316 g/mol. The fourth-order valence-corrected chi connectivity index (χ4v) is 3.68. The lowest BCUT2D eigenvalue weighted by Gasteiger charge is -2.05. The van der Waals surface area contributed by atoms with Crippen LogP contribution in [0.25, 0.3) is 10.2 Å². The van der Waals surface area contributed by atoms with E-state index in [9.17, 15) is 4.79 Å². The van der Waals surface area contributed by atoms with Crippen molar-refractivity contribution in [1.82, 2.24) is 9.97 Å². The van der Waals surface area contributed by atoms with Gasteiger partial charge in [-0.2, -0.15) is 0 Å². The van der Waals surface area contributed by atoms with E-state index in [0.717, 1.165) is 21.0 Å². The molecule has 3 aromatic rings. The first-order valence-electron chi connectivity index (χ1n) is 6.85. The van der Waals surface area contributed by atoms with E-state index < -0.39 is 0 Å². The van der Waals surface area contributed by atoms with Crippen LogP contribution in [0.15, 0.2) is 47.1 Å². The standard InChI is InChI=1S/C16H14N2O2S2/c1-2-20-12-5-3-11(4-6-12)14(19)9-22-16-13-7-8-21-15(13)17-10-18-16/h3-8,10H,2,9H2,1H3. The summed E-state index contributed by atoms with van der Waals surface area (Å²) in [4.78, 5) is 21.7. The van der Waals surface area contributed by atoms with Gasteiger partial charge in [-0.1, -0.05) is 11.8 Å². The van der Waals surface area contributed by atoms with Crippen LogP contribution in [-0.2, 0) is 0 Å². The van der Waals surface area contributed by atoms with Gasteiger partial charge in [0.05, 0.1) is 12.4 Å². The van der Waals surface area contributed by atoms with E-state index in [4.69, 9.17) is 4.74 Å². The molecule has 2 aromatic heterocycles. The van der Waals surface area contributed by atoms with Crippen molar-refractivity contribution >= 4 is 39.1 Å². The zero-order valence-electron chi connectivity index (χ0n) is 12.0. The zero-order valence-corrected chi connectivity index (χ0v) is 13.6. The Kier molecular flexibility index (Phi) is 4.70. The van der Waals surface area contributed by atoms with Crippen LogP contribution in [-0.4, -0.2) is 28.1 Å². The highest BCUT2D eigenvalue weighted by atomic mass is 32.2. The summed E-state index contributed by atoms with van der Waals surface area (Å²) in [6.45, 7) is 2.55. The third-order valence-electron chi connectivity index (χ3n) is 3.05. The van der Waals surface area contributed by atoms with Gasteiger partial charge in [-0.05, 0) is 42.6 Å². The number of ketones is 1. The molecule has 4 nitrogen and oxygen atoms in total. The second kappa shape index (κ2) is 6.89. The number of carbonyl (C=O) groups is 1. The Morgan fingerprint density at radius 3 is 2.82 bits per heavy atom. The molecule has 0 saturated heterocycles. The summed E-state index contributed by atoms with van der Waals surface area (Å²) in [6.07, 6.45) is 1.54. The average molecular weight is 330 g/mol. The van der Waals surface area contributed by atoms with Gasteiger partial charge in [-0.15, -0.1) is 11.3 Å². The number of hydrogen-bond donors (Lipinski definition) is 0. The van der Waals surface area contributed by atoms with E-state index >= 15 is 0 Å². The quantitative estimate of drug-likeness (QED) is 0.387. The zero-order chi connectivity index (χ0) is 15.4. The summed E-state index contributed by atoms with van der Waals surface area (Å²) < 4.78 is 5.38. The lowest BCUT2D eigenvalue weighted by Crippen LogP contribution is -2.03. The number of nitrogens with zero attached hydrogens (tertiary/aromatic N) is 2. The first kappa shape index (κ1) is 15.0. The molecule has 0 spiro atoms. The van der Waals surface area contributed by atoms with Crippen molar-refractivity contribution in [1.29, 1.82) is 0 Å². The molecule has 0 aliphatic carbocycles. The van der Waals surface area contributed by atoms with E-state index in [1.807, 2.05) is 30.5 Å². The largest absolute Gasteiger partial charge is 0.494 e. The van der Waals surface area contributed by atoms with Gasteiger partial charge >= 0.3 is 0 Å². The smallest absolute Gasteiger partial charge is 0.173 e. The first-order chi connectivity index (χ1) is 10.8. The highest BCUT2D eigenvalue weighted by molar-refractivity contribution is 8.00. The molecule has 0 saturated carbocycles. The van der Waals surface area contributed by atoms with E-state index in [1.165, 1.54) is 11.8 Å². The minimum absolute atomic E-state index is 0.0787. The topological polar surface area (TPSA) is 52.1 Å². The van der Waals surface area contributed by atoms with Crippen LogP contribution in [0.4, 0.5) is 0 Å². The van der Waals surface area contributed by atoms with Gasteiger partial charge in [-0.25, -0.2) is 9.97 Å². The molecule has 0 fully saturated rings. The Labute approximate surface area is 136 Å². The Hall–Kier alpha value is -1.92. The highest BCUT2D eigenvalue weighted by Gasteiger charge is 2.10. The molecular formula is C16H14N2O2S2. The maximum atomic E-state index is 12.3. The van der Waals surface area contributed by atoms with E-state index in [2.05, 4.69) is 9.97 Å². The molecule has 0 aliphatic rings. The summed E-state index contributed by atoms with van der Waals surface area (Å²) >= 11 is 3.02. The molecule has 0 bridgehead atoms. The lowest BCUT2D eigenvalue weighted by atomic mass is 10.1. The maximum absolute atomic E-state index is 12.3. The van der Waals surface area contributed by atoms with Crippen LogP contribution in [0.1, 0.15) is 17.3 Å². The van der Waals surface area contributed by atoms with Gasteiger partial charge in [0.2, 0.25) is 0 Å². The summed E-state index contributed by atoms with van der Waals surface area (Å²) in [5.41, 5.74) is 0.687. The maximum Gasteiger partial charge on any atom is 0.173 e. The summed E-state index contributed by atoms with van der Waals surface area (Å²) in [7, 11) is 0. The number of aromatic nitrogens is 2. The van der Waals surface area contributed by atoms with E-state index in [1.54, 1.807) is 29.8 Å². The van der Waals surface area contributed by atoms with Crippen molar-refractivity contribution in [3.63, 3.8) is 0 Å². The number of ether oxygens (including phenoxy) is 1. The van der Waals surface area contributed by atoms with Crippen molar-refractivity contribution in [2.45, 2.75) is 11.9 Å². The number of fused-ring (bicyclic) bond motifs is 1. The molecule has 0 unspecified atom stereocenters. The van der Waals surface area contributed by atoms with Gasteiger partial charge in [0, 0.05) is 10.9 Å². The average Bonchev–Trinajstić information content (AvgIpc) is 3.03. The molecule has 0 N–H and O–H groups in total. The Morgan fingerprint density at radius 2 is 2.05 bits per heavy atom. The third kappa shape index (κ3) is 3.28. The van der Waals surface area contributed by atoms with Crippen molar-refractivity contribution < 1.29 is 9.53 Å². The molecule has 6 heteroatoms. The minimum Gasteiger partial charge on any atom is -0.494 e. The predicted molar refractivity (Wildman–Crippen MR) is 90.1 cm³/mol. The van der Waals surface area contributed by atoms with Crippen molar-refractivity contribution in [2.75, 3.05) is 12.4 Å². The van der Waals surface area contributed by atoms with Gasteiger partial charge in [-0.3, -0.25) is 4.79 Å². The number of benzene rings is 1. The summed E-state index contributed by atoms with van der Waals surface area (Å²) in [5.74, 6) is 1.22. The Balaban J connectivity index is 1.68. The molecule has 3 rings (SSSR count). The van der Waals surface area contributed by atoms with Crippen molar-refractivity contribution in [3.8, 4) is 5.75 Å². The third-order valence-corrected chi connectivity index (χ3v) is 4.88. The second-order valence-corrected chi connectivity index (χ2v) is 6.35. The first-order valence-corrected chi connectivity index (χ1v) is 8.71. The van der Waals surface area contributed by atoms with Crippen LogP contribution < -0.4 is 4.74 Å². The number of Topliss-reactive ketones (excluding diaryl/α,β-unsaturated/α-hetero) is 1. The summed E-state index contributed by atoms with van der Waals surface area (Å²) in [6, 6.07) is 9.23. The highest BCUT2D eigenvalue weighted by Crippen LogP contribution is 2.28. The summed E-state index contributed by atoms with van der Waals surface area (Å²) in [5, 5.41) is 3.85. The van der Waals surface area contributed by atoms with Crippen LogP contribution in [0.3, 0.4) is 0 Å².